The molecule has 0 aliphatic carbocycles. The summed E-state index contributed by atoms with van der Waals surface area (Å²) in [6, 6.07) is 13.4. The Morgan fingerprint density at radius 1 is 1.09 bits per heavy atom. The number of benzene rings is 2. The first kappa shape index (κ1) is 24.5. The summed E-state index contributed by atoms with van der Waals surface area (Å²) in [6.45, 7) is 2.68. The number of methoxy groups -OCH3 is 3. The highest BCUT2D eigenvalue weighted by atomic mass is 16.5. The van der Waals surface area contributed by atoms with Crippen LogP contribution in [0.2, 0.25) is 0 Å². The minimum Gasteiger partial charge on any atom is -0.497 e. The second-order valence-electron chi connectivity index (χ2n) is 8.54. The second-order valence-corrected chi connectivity index (χ2v) is 8.54. The Bertz CT molecular complexity index is 1120. The van der Waals surface area contributed by atoms with Gasteiger partial charge in [0.15, 0.2) is 11.5 Å². The molecule has 35 heavy (non-hydrogen) atoms. The van der Waals surface area contributed by atoms with Crippen LogP contribution in [0.25, 0.3) is 11.4 Å². The topological polar surface area (TPSA) is 99.0 Å². The molecule has 1 aliphatic heterocycles. The molecule has 1 aromatic heterocycles. The van der Waals surface area contributed by atoms with E-state index in [1.807, 2.05) is 42.5 Å². The Labute approximate surface area is 205 Å². The number of amides is 1. The molecule has 186 valence electrons. The van der Waals surface area contributed by atoms with Gasteiger partial charge in [-0.2, -0.15) is 4.98 Å². The van der Waals surface area contributed by atoms with Gasteiger partial charge >= 0.3 is 0 Å². The van der Waals surface area contributed by atoms with Gasteiger partial charge in [0.05, 0.1) is 33.8 Å². The molecule has 9 nitrogen and oxygen atoms in total. The predicted molar refractivity (Wildman–Crippen MR) is 131 cm³/mol. The minimum atomic E-state index is -0.0483. The van der Waals surface area contributed by atoms with Crippen molar-refractivity contribution in [3.63, 3.8) is 0 Å². The third-order valence-electron chi connectivity index (χ3n) is 6.22. The summed E-state index contributed by atoms with van der Waals surface area (Å²) in [6.07, 6.45) is 2.62. The molecule has 1 amide bonds. The van der Waals surface area contributed by atoms with E-state index in [2.05, 4.69) is 20.4 Å². The third-order valence-corrected chi connectivity index (χ3v) is 6.22. The number of nitrogens with one attached hydrogen (secondary N) is 1. The zero-order valence-electron chi connectivity index (χ0n) is 20.5. The summed E-state index contributed by atoms with van der Waals surface area (Å²) in [5.41, 5.74) is 1.95. The quantitative estimate of drug-likeness (QED) is 0.472. The molecule has 2 heterocycles. The summed E-state index contributed by atoms with van der Waals surface area (Å²) in [5, 5.41) is 7.21. The maximum Gasteiger partial charge on any atom is 0.241 e. The van der Waals surface area contributed by atoms with E-state index in [0.717, 1.165) is 42.7 Å². The first-order valence-electron chi connectivity index (χ1n) is 11.8. The summed E-state index contributed by atoms with van der Waals surface area (Å²) in [5.74, 6) is 3.14. The Kier molecular flexibility index (Phi) is 8.20. The Hall–Kier alpha value is -3.59. The van der Waals surface area contributed by atoms with Crippen molar-refractivity contribution in [3.8, 4) is 28.6 Å². The highest BCUT2D eigenvalue weighted by molar-refractivity contribution is 5.79. The summed E-state index contributed by atoms with van der Waals surface area (Å²) in [7, 11) is 4.83. The lowest BCUT2D eigenvalue weighted by molar-refractivity contribution is -0.126. The SMILES string of the molecule is COc1ccc(CCNC(=O)C2CCCN(Cc3nc(-c4ccc(OC)c(OC)c4)no3)C2)cc1. The van der Waals surface area contributed by atoms with Gasteiger partial charge in [0.2, 0.25) is 17.6 Å². The largest absolute Gasteiger partial charge is 0.497 e. The number of carbonyl (C=O) groups excluding carboxylic acids is 1. The zero-order valence-corrected chi connectivity index (χ0v) is 20.5. The van der Waals surface area contributed by atoms with Crippen molar-refractivity contribution >= 4 is 5.91 Å². The minimum absolute atomic E-state index is 0.0483. The van der Waals surface area contributed by atoms with Crippen LogP contribution in [0.3, 0.4) is 0 Å². The third kappa shape index (κ3) is 6.30. The lowest BCUT2D eigenvalue weighted by atomic mass is 9.97. The van der Waals surface area contributed by atoms with Gasteiger partial charge in [0.1, 0.15) is 5.75 Å². The first-order chi connectivity index (χ1) is 17.1. The fourth-order valence-electron chi connectivity index (χ4n) is 4.28. The first-order valence-corrected chi connectivity index (χ1v) is 11.8. The number of hydrogen-bond acceptors (Lipinski definition) is 8. The van der Waals surface area contributed by atoms with Crippen molar-refractivity contribution < 1.29 is 23.5 Å². The van der Waals surface area contributed by atoms with E-state index in [4.69, 9.17) is 18.7 Å². The van der Waals surface area contributed by atoms with Crippen LogP contribution in [-0.2, 0) is 17.8 Å². The molecule has 0 radical (unpaired) electrons. The highest BCUT2D eigenvalue weighted by Gasteiger charge is 2.26. The molecule has 1 unspecified atom stereocenters. The molecular formula is C26H32N4O5. The van der Waals surface area contributed by atoms with Gasteiger partial charge in [-0.15, -0.1) is 0 Å². The fourth-order valence-corrected chi connectivity index (χ4v) is 4.28. The standard InChI is InChI=1S/C26H32N4O5/c1-32-21-9-6-18(7-10-21)12-13-27-26(31)20-5-4-14-30(16-20)17-24-28-25(29-35-24)19-8-11-22(33-2)23(15-19)34-3/h6-11,15,20H,4-5,12-14,16-17H2,1-3H3,(H,27,31). The zero-order chi connectivity index (χ0) is 24.6. The van der Waals surface area contributed by atoms with Crippen molar-refractivity contribution in [1.82, 2.24) is 20.4 Å². The number of rotatable bonds is 10. The molecule has 4 rings (SSSR count). The number of hydrogen-bond donors (Lipinski definition) is 1. The number of ether oxygens (including phenoxy) is 3. The van der Waals surface area contributed by atoms with Crippen molar-refractivity contribution in [2.75, 3.05) is 41.0 Å². The molecule has 2 aromatic carbocycles. The predicted octanol–water partition coefficient (Wildman–Crippen LogP) is 3.33. The lowest BCUT2D eigenvalue weighted by Gasteiger charge is -2.30. The van der Waals surface area contributed by atoms with Crippen LogP contribution in [-0.4, -0.2) is 61.9 Å². The summed E-state index contributed by atoms with van der Waals surface area (Å²) < 4.78 is 21.3. The van der Waals surface area contributed by atoms with Crippen molar-refractivity contribution in [2.24, 2.45) is 5.92 Å². The lowest BCUT2D eigenvalue weighted by Crippen LogP contribution is -2.43. The van der Waals surface area contributed by atoms with Gasteiger partial charge in [-0.25, -0.2) is 0 Å². The van der Waals surface area contributed by atoms with Crippen LogP contribution in [0.5, 0.6) is 17.2 Å². The second kappa shape index (κ2) is 11.7. The summed E-state index contributed by atoms with van der Waals surface area (Å²) in [4.78, 5) is 19.5. The van der Waals surface area contributed by atoms with Crippen LogP contribution in [0.1, 0.15) is 24.3 Å². The maximum absolute atomic E-state index is 12.8. The van der Waals surface area contributed by atoms with E-state index in [9.17, 15) is 4.79 Å². The Balaban J connectivity index is 1.28. The van der Waals surface area contributed by atoms with Gasteiger partial charge in [-0.3, -0.25) is 9.69 Å². The van der Waals surface area contributed by atoms with E-state index in [1.54, 1.807) is 21.3 Å². The average Bonchev–Trinajstić information content (AvgIpc) is 3.37. The molecular weight excluding hydrogens is 448 g/mol. The van der Waals surface area contributed by atoms with E-state index < -0.39 is 0 Å². The number of piperidine rings is 1. The Morgan fingerprint density at radius 3 is 2.63 bits per heavy atom. The van der Waals surface area contributed by atoms with Crippen LogP contribution in [0, 0.1) is 5.92 Å². The molecule has 1 aliphatic rings. The van der Waals surface area contributed by atoms with Gasteiger partial charge in [0, 0.05) is 18.7 Å². The van der Waals surface area contributed by atoms with Crippen LogP contribution < -0.4 is 19.5 Å². The van der Waals surface area contributed by atoms with Gasteiger partial charge in [0.25, 0.3) is 0 Å². The van der Waals surface area contributed by atoms with Crippen molar-refractivity contribution in [2.45, 2.75) is 25.8 Å². The molecule has 0 spiro atoms. The summed E-state index contributed by atoms with van der Waals surface area (Å²) >= 11 is 0. The van der Waals surface area contributed by atoms with Crippen LogP contribution in [0.15, 0.2) is 47.0 Å². The van der Waals surface area contributed by atoms with Crippen LogP contribution in [0.4, 0.5) is 0 Å². The van der Waals surface area contributed by atoms with Gasteiger partial charge in [-0.05, 0) is 61.7 Å². The van der Waals surface area contributed by atoms with Crippen molar-refractivity contribution in [3.05, 3.63) is 53.9 Å². The average molecular weight is 481 g/mol. The van der Waals surface area contributed by atoms with E-state index in [-0.39, 0.29) is 11.8 Å². The monoisotopic (exact) mass is 480 g/mol. The van der Waals surface area contributed by atoms with E-state index in [1.165, 1.54) is 0 Å². The molecule has 1 saturated heterocycles. The van der Waals surface area contributed by atoms with E-state index in [0.29, 0.717) is 42.8 Å². The van der Waals surface area contributed by atoms with E-state index >= 15 is 0 Å². The van der Waals surface area contributed by atoms with Crippen molar-refractivity contribution in [1.29, 1.82) is 0 Å². The molecule has 1 fully saturated rings. The molecule has 3 aromatic rings. The molecule has 0 bridgehead atoms. The Morgan fingerprint density at radius 2 is 1.89 bits per heavy atom. The number of aromatic nitrogens is 2. The fraction of sp³-hybridized carbons (Fsp3) is 0.423. The maximum atomic E-state index is 12.8. The smallest absolute Gasteiger partial charge is 0.241 e. The molecule has 9 heteroatoms. The molecule has 1 atom stereocenters. The number of nitrogens with zero attached hydrogens (tertiary/aromatic N) is 3. The normalized spacial score (nSPS) is 16.0. The molecule has 0 saturated carbocycles. The number of likely N-dealkylation sites (tertiary alicyclic amines) is 1. The van der Waals surface area contributed by atoms with Gasteiger partial charge < -0.3 is 24.1 Å². The highest BCUT2D eigenvalue weighted by Crippen LogP contribution is 2.31. The number of carbonyl (C=O) groups is 1. The van der Waals surface area contributed by atoms with Gasteiger partial charge in [-0.1, -0.05) is 17.3 Å². The van der Waals surface area contributed by atoms with Crippen LogP contribution >= 0.6 is 0 Å². The molecule has 1 N–H and O–H groups in total.